The Bertz CT molecular complexity index is 361. The average molecular weight is 234 g/mol. The third kappa shape index (κ3) is 3.72. The van der Waals surface area contributed by atoms with E-state index >= 15 is 0 Å². The number of hydrogen-bond acceptors (Lipinski definition) is 3. The van der Waals surface area contributed by atoms with Crippen molar-refractivity contribution >= 4 is 5.69 Å². The molecule has 1 fully saturated rings. The fraction of sp³-hybridized carbons (Fsp3) is 0.571. The van der Waals surface area contributed by atoms with Crippen molar-refractivity contribution in [3.63, 3.8) is 0 Å². The fourth-order valence-corrected chi connectivity index (χ4v) is 2.07. The Kier molecular flexibility index (Phi) is 4.02. The van der Waals surface area contributed by atoms with Gasteiger partial charge in [-0.2, -0.15) is 0 Å². The van der Waals surface area contributed by atoms with Gasteiger partial charge in [0.05, 0.1) is 6.10 Å². The number of benzene rings is 1. The smallest absolute Gasteiger partial charge is 0.0686 e. The number of likely N-dealkylation sites (N-methyl/N-ethyl adjacent to an activating group) is 1. The summed E-state index contributed by atoms with van der Waals surface area (Å²) in [6.45, 7) is 3.41. The molecule has 0 aliphatic heterocycles. The van der Waals surface area contributed by atoms with E-state index in [0.29, 0.717) is 6.54 Å². The molecular weight excluding hydrogens is 212 g/mol. The SMILES string of the molecule is CC(O)CN(C)c1ccccc1CNC1CC1. The van der Waals surface area contributed by atoms with Crippen molar-refractivity contribution < 1.29 is 5.11 Å². The molecule has 0 bridgehead atoms. The highest BCUT2D eigenvalue weighted by atomic mass is 16.3. The molecule has 0 heterocycles. The summed E-state index contributed by atoms with van der Waals surface area (Å²) in [7, 11) is 2.03. The van der Waals surface area contributed by atoms with Crippen LogP contribution in [0.25, 0.3) is 0 Å². The topological polar surface area (TPSA) is 35.5 Å². The van der Waals surface area contributed by atoms with Crippen molar-refractivity contribution in [2.45, 2.75) is 38.5 Å². The molecule has 94 valence electrons. The van der Waals surface area contributed by atoms with Gasteiger partial charge in [0.15, 0.2) is 0 Å². The Labute approximate surface area is 103 Å². The lowest BCUT2D eigenvalue weighted by Gasteiger charge is -2.24. The molecule has 2 N–H and O–H groups in total. The Morgan fingerprint density at radius 2 is 2.12 bits per heavy atom. The molecule has 0 spiro atoms. The first-order valence-corrected chi connectivity index (χ1v) is 6.37. The first-order valence-electron chi connectivity index (χ1n) is 6.37. The molecule has 1 aliphatic rings. The summed E-state index contributed by atoms with van der Waals surface area (Å²) < 4.78 is 0. The Hall–Kier alpha value is -1.06. The zero-order valence-electron chi connectivity index (χ0n) is 10.7. The van der Waals surface area contributed by atoms with Crippen LogP contribution >= 0.6 is 0 Å². The molecule has 1 unspecified atom stereocenters. The standard InChI is InChI=1S/C14H22N2O/c1-11(17)10-16(2)14-6-4-3-5-12(14)9-15-13-7-8-13/h3-6,11,13,15,17H,7-10H2,1-2H3. The van der Waals surface area contributed by atoms with Crippen molar-refractivity contribution in [2.75, 3.05) is 18.5 Å². The summed E-state index contributed by atoms with van der Waals surface area (Å²) in [5, 5.41) is 13.0. The lowest BCUT2D eigenvalue weighted by Crippen LogP contribution is -2.28. The molecule has 3 nitrogen and oxygen atoms in total. The highest BCUT2D eigenvalue weighted by molar-refractivity contribution is 5.53. The normalized spacial score (nSPS) is 16.9. The lowest BCUT2D eigenvalue weighted by atomic mass is 10.1. The predicted molar refractivity (Wildman–Crippen MR) is 71.3 cm³/mol. The summed E-state index contributed by atoms with van der Waals surface area (Å²) >= 11 is 0. The maximum atomic E-state index is 9.45. The van der Waals surface area contributed by atoms with E-state index in [-0.39, 0.29) is 6.10 Å². The molecular formula is C14H22N2O. The molecule has 1 atom stereocenters. The van der Waals surface area contributed by atoms with Crippen molar-refractivity contribution in [3.05, 3.63) is 29.8 Å². The Morgan fingerprint density at radius 3 is 2.76 bits per heavy atom. The minimum Gasteiger partial charge on any atom is -0.392 e. The molecule has 1 saturated carbocycles. The molecule has 2 rings (SSSR count). The van der Waals surface area contributed by atoms with E-state index in [1.807, 2.05) is 14.0 Å². The van der Waals surface area contributed by atoms with Crippen LogP contribution in [0.5, 0.6) is 0 Å². The first-order chi connectivity index (χ1) is 8.16. The Balaban J connectivity index is 2.02. The summed E-state index contributed by atoms with van der Waals surface area (Å²) in [6.07, 6.45) is 2.32. The summed E-state index contributed by atoms with van der Waals surface area (Å²) in [5.74, 6) is 0. The fourth-order valence-electron chi connectivity index (χ4n) is 2.07. The van der Waals surface area contributed by atoms with Crippen LogP contribution in [0.2, 0.25) is 0 Å². The zero-order chi connectivity index (χ0) is 12.3. The van der Waals surface area contributed by atoms with Gasteiger partial charge in [-0.15, -0.1) is 0 Å². The minimum atomic E-state index is -0.301. The van der Waals surface area contributed by atoms with Crippen molar-refractivity contribution in [2.24, 2.45) is 0 Å². The maximum Gasteiger partial charge on any atom is 0.0686 e. The second-order valence-electron chi connectivity index (χ2n) is 5.01. The maximum absolute atomic E-state index is 9.45. The largest absolute Gasteiger partial charge is 0.392 e. The number of aliphatic hydroxyl groups excluding tert-OH is 1. The summed E-state index contributed by atoms with van der Waals surface area (Å²) in [5.41, 5.74) is 2.52. The van der Waals surface area contributed by atoms with Crippen LogP contribution in [0.4, 0.5) is 5.69 Å². The van der Waals surface area contributed by atoms with Gasteiger partial charge < -0.3 is 15.3 Å². The number of nitrogens with zero attached hydrogens (tertiary/aromatic N) is 1. The number of nitrogens with one attached hydrogen (secondary N) is 1. The number of aliphatic hydroxyl groups is 1. The van der Waals surface area contributed by atoms with Crippen LogP contribution in [-0.2, 0) is 6.54 Å². The molecule has 17 heavy (non-hydrogen) atoms. The van der Waals surface area contributed by atoms with E-state index < -0.39 is 0 Å². The number of hydrogen-bond donors (Lipinski definition) is 2. The van der Waals surface area contributed by atoms with Gasteiger partial charge in [0.25, 0.3) is 0 Å². The second-order valence-corrected chi connectivity index (χ2v) is 5.01. The van der Waals surface area contributed by atoms with Gasteiger partial charge in [-0.05, 0) is 31.4 Å². The third-order valence-electron chi connectivity index (χ3n) is 3.10. The number of rotatable bonds is 6. The van der Waals surface area contributed by atoms with Gasteiger partial charge in [0.2, 0.25) is 0 Å². The van der Waals surface area contributed by atoms with Gasteiger partial charge >= 0.3 is 0 Å². The molecule has 1 aromatic rings. The van der Waals surface area contributed by atoms with Crippen LogP contribution in [0, 0.1) is 0 Å². The van der Waals surface area contributed by atoms with Crippen molar-refractivity contribution in [1.29, 1.82) is 0 Å². The molecule has 1 aliphatic carbocycles. The first kappa shape index (κ1) is 12.4. The van der Waals surface area contributed by atoms with Crippen LogP contribution < -0.4 is 10.2 Å². The van der Waals surface area contributed by atoms with Crippen molar-refractivity contribution in [1.82, 2.24) is 5.32 Å². The highest BCUT2D eigenvalue weighted by Gasteiger charge is 2.20. The molecule has 0 radical (unpaired) electrons. The van der Waals surface area contributed by atoms with E-state index in [4.69, 9.17) is 0 Å². The van der Waals surface area contributed by atoms with E-state index in [1.165, 1.54) is 24.1 Å². The number of anilines is 1. The predicted octanol–water partition coefficient (Wildman–Crippen LogP) is 1.76. The molecule has 0 saturated heterocycles. The van der Waals surface area contributed by atoms with E-state index in [1.54, 1.807) is 0 Å². The summed E-state index contributed by atoms with van der Waals surface area (Å²) in [4.78, 5) is 2.12. The molecule has 0 amide bonds. The van der Waals surface area contributed by atoms with Crippen LogP contribution in [0.1, 0.15) is 25.3 Å². The summed E-state index contributed by atoms with van der Waals surface area (Å²) in [6, 6.07) is 9.12. The minimum absolute atomic E-state index is 0.301. The van der Waals surface area contributed by atoms with Crippen LogP contribution in [-0.4, -0.2) is 30.8 Å². The lowest BCUT2D eigenvalue weighted by molar-refractivity contribution is 0.201. The third-order valence-corrected chi connectivity index (χ3v) is 3.10. The van der Waals surface area contributed by atoms with Gasteiger partial charge in [-0.1, -0.05) is 18.2 Å². The van der Waals surface area contributed by atoms with Crippen LogP contribution in [0.3, 0.4) is 0 Å². The highest BCUT2D eigenvalue weighted by Crippen LogP contribution is 2.23. The number of para-hydroxylation sites is 1. The van der Waals surface area contributed by atoms with Crippen LogP contribution in [0.15, 0.2) is 24.3 Å². The monoisotopic (exact) mass is 234 g/mol. The molecule has 1 aromatic carbocycles. The van der Waals surface area contributed by atoms with Gasteiger partial charge in [-0.3, -0.25) is 0 Å². The van der Waals surface area contributed by atoms with E-state index in [9.17, 15) is 5.11 Å². The van der Waals surface area contributed by atoms with Gasteiger partial charge in [-0.25, -0.2) is 0 Å². The molecule has 0 aromatic heterocycles. The van der Waals surface area contributed by atoms with E-state index in [0.717, 1.165) is 12.6 Å². The molecule has 3 heteroatoms. The van der Waals surface area contributed by atoms with Crippen molar-refractivity contribution in [3.8, 4) is 0 Å². The Morgan fingerprint density at radius 1 is 1.41 bits per heavy atom. The average Bonchev–Trinajstić information content (AvgIpc) is 3.09. The quantitative estimate of drug-likeness (QED) is 0.787. The van der Waals surface area contributed by atoms with Gasteiger partial charge in [0.1, 0.15) is 0 Å². The van der Waals surface area contributed by atoms with Gasteiger partial charge in [0, 0.05) is 31.9 Å². The zero-order valence-corrected chi connectivity index (χ0v) is 10.7. The van der Waals surface area contributed by atoms with E-state index in [2.05, 4.69) is 34.5 Å². The second kappa shape index (κ2) is 5.52.